The number of allylic oxidation sites excluding steroid dienone is 5. The molecule has 0 aromatic heterocycles. The molecule has 0 N–H and O–H groups in total. The van der Waals surface area contributed by atoms with Gasteiger partial charge in [-0.15, -0.1) is 0 Å². The van der Waals surface area contributed by atoms with E-state index in [-0.39, 0.29) is 5.78 Å². The fourth-order valence-electron chi connectivity index (χ4n) is 1.96. The van der Waals surface area contributed by atoms with Gasteiger partial charge in [0.1, 0.15) is 5.78 Å². The maximum absolute atomic E-state index is 10.9. The zero-order valence-electron chi connectivity index (χ0n) is 13.3. The van der Waals surface area contributed by atoms with Crippen LogP contribution in [0.15, 0.2) is 36.0 Å². The minimum Gasteiger partial charge on any atom is -0.300 e. The van der Waals surface area contributed by atoms with Gasteiger partial charge in [-0.2, -0.15) is 0 Å². The van der Waals surface area contributed by atoms with Crippen LogP contribution < -0.4 is 0 Å². The van der Waals surface area contributed by atoms with Crippen molar-refractivity contribution >= 4 is 5.78 Å². The first-order chi connectivity index (χ1) is 8.82. The van der Waals surface area contributed by atoms with Crippen LogP contribution in [0.25, 0.3) is 0 Å². The molecule has 0 saturated carbocycles. The van der Waals surface area contributed by atoms with Crippen LogP contribution in [0, 0.1) is 11.8 Å². The van der Waals surface area contributed by atoms with Gasteiger partial charge in [0.15, 0.2) is 0 Å². The van der Waals surface area contributed by atoms with Crippen LogP contribution in [-0.4, -0.2) is 5.78 Å². The molecule has 0 spiro atoms. The molecule has 1 atom stereocenters. The van der Waals surface area contributed by atoms with Crippen LogP contribution >= 0.6 is 0 Å². The molecule has 0 heterocycles. The van der Waals surface area contributed by atoms with Gasteiger partial charge in [0, 0.05) is 6.42 Å². The predicted molar refractivity (Wildman–Crippen MR) is 85.2 cm³/mol. The van der Waals surface area contributed by atoms with Crippen molar-refractivity contribution in [2.45, 2.75) is 60.3 Å². The Morgan fingerprint density at radius 2 is 1.79 bits per heavy atom. The molecule has 0 amide bonds. The molecule has 0 rings (SSSR count). The van der Waals surface area contributed by atoms with E-state index in [0.717, 1.165) is 18.4 Å². The Bertz CT molecular complexity index is 345. The normalized spacial score (nSPS) is 14.1. The fourth-order valence-corrected chi connectivity index (χ4v) is 1.96. The summed E-state index contributed by atoms with van der Waals surface area (Å²) in [5.74, 6) is 1.53. The van der Waals surface area contributed by atoms with Crippen molar-refractivity contribution in [2.24, 2.45) is 11.8 Å². The Kier molecular flexibility index (Phi) is 9.20. The molecule has 0 bridgehead atoms. The van der Waals surface area contributed by atoms with Crippen molar-refractivity contribution in [1.29, 1.82) is 0 Å². The van der Waals surface area contributed by atoms with Crippen molar-refractivity contribution in [3.8, 4) is 0 Å². The molecule has 0 aliphatic carbocycles. The Morgan fingerprint density at radius 1 is 1.16 bits per heavy atom. The van der Waals surface area contributed by atoms with Crippen molar-refractivity contribution in [1.82, 2.24) is 0 Å². The molecule has 0 aliphatic heterocycles. The Balaban J connectivity index is 4.24. The molecule has 108 valence electrons. The molecule has 0 aliphatic rings. The maximum Gasteiger partial charge on any atom is 0.130 e. The molecule has 1 nitrogen and oxygen atoms in total. The summed E-state index contributed by atoms with van der Waals surface area (Å²) in [5.41, 5.74) is 2.51. The Labute approximate surface area is 119 Å². The average Bonchev–Trinajstić information content (AvgIpc) is 2.27. The number of carbonyl (C=O) groups is 1. The van der Waals surface area contributed by atoms with Crippen molar-refractivity contribution in [3.63, 3.8) is 0 Å². The Hall–Kier alpha value is -1.11. The number of rotatable bonds is 9. The summed E-state index contributed by atoms with van der Waals surface area (Å²) in [5, 5.41) is 0. The molecule has 0 fully saturated rings. The third kappa shape index (κ3) is 10.5. The lowest BCUT2D eigenvalue weighted by molar-refractivity contribution is -0.116. The third-order valence-corrected chi connectivity index (χ3v) is 3.35. The van der Waals surface area contributed by atoms with E-state index in [1.807, 2.05) is 6.92 Å². The van der Waals surface area contributed by atoms with Gasteiger partial charge in [-0.05, 0) is 51.9 Å². The van der Waals surface area contributed by atoms with Crippen molar-refractivity contribution < 1.29 is 4.79 Å². The maximum atomic E-state index is 10.9. The zero-order valence-corrected chi connectivity index (χ0v) is 13.3. The Morgan fingerprint density at radius 3 is 2.26 bits per heavy atom. The second-order valence-corrected chi connectivity index (χ2v) is 5.94. The third-order valence-electron chi connectivity index (χ3n) is 3.35. The van der Waals surface area contributed by atoms with Gasteiger partial charge in [-0.25, -0.2) is 0 Å². The van der Waals surface area contributed by atoms with E-state index in [1.165, 1.54) is 12.0 Å². The summed E-state index contributed by atoms with van der Waals surface area (Å²) in [6.07, 6.45) is 10.5. The molecular weight excluding hydrogens is 232 g/mol. The first-order valence-electron chi connectivity index (χ1n) is 7.31. The van der Waals surface area contributed by atoms with E-state index in [9.17, 15) is 4.79 Å². The summed E-state index contributed by atoms with van der Waals surface area (Å²) in [6.45, 7) is 14.3. The lowest BCUT2D eigenvalue weighted by atomic mass is 9.89. The van der Waals surface area contributed by atoms with Gasteiger partial charge in [-0.3, -0.25) is 0 Å². The molecular formula is C18H30O. The van der Waals surface area contributed by atoms with Gasteiger partial charge in [0.05, 0.1) is 0 Å². The van der Waals surface area contributed by atoms with Gasteiger partial charge < -0.3 is 4.79 Å². The minimum absolute atomic E-state index is 0.272. The minimum atomic E-state index is 0.272. The predicted octanol–water partition coefficient (Wildman–Crippen LogP) is 5.49. The molecule has 0 aromatic carbocycles. The van der Waals surface area contributed by atoms with Gasteiger partial charge in [-0.1, -0.05) is 49.8 Å². The second kappa shape index (κ2) is 9.77. The zero-order chi connectivity index (χ0) is 14.8. The summed E-state index contributed by atoms with van der Waals surface area (Å²) in [6, 6.07) is 0. The van der Waals surface area contributed by atoms with Gasteiger partial charge >= 0.3 is 0 Å². The van der Waals surface area contributed by atoms with Gasteiger partial charge in [0.25, 0.3) is 0 Å². The van der Waals surface area contributed by atoms with E-state index < -0.39 is 0 Å². The monoisotopic (exact) mass is 262 g/mol. The highest BCUT2D eigenvalue weighted by atomic mass is 16.1. The highest BCUT2D eigenvalue weighted by molar-refractivity contribution is 5.75. The highest BCUT2D eigenvalue weighted by Crippen LogP contribution is 2.22. The molecule has 19 heavy (non-hydrogen) atoms. The lowest BCUT2D eigenvalue weighted by Crippen LogP contribution is -2.05. The summed E-state index contributed by atoms with van der Waals surface area (Å²) < 4.78 is 0. The standard InChI is InChI=1S/C18H30O/c1-14(2)10-12-18(15(3)4)13-11-16(5)8-7-9-17(6)19/h8,10,12,15,18H,1,7,9,11,13H2,2-6H3. The number of ketones is 1. The second-order valence-electron chi connectivity index (χ2n) is 5.94. The number of carbonyl (C=O) groups excluding carboxylic acids is 1. The number of hydrogen-bond acceptors (Lipinski definition) is 1. The van der Waals surface area contributed by atoms with E-state index in [0.29, 0.717) is 18.3 Å². The smallest absolute Gasteiger partial charge is 0.130 e. The highest BCUT2D eigenvalue weighted by Gasteiger charge is 2.09. The first kappa shape index (κ1) is 17.9. The van der Waals surface area contributed by atoms with E-state index >= 15 is 0 Å². The van der Waals surface area contributed by atoms with Crippen LogP contribution in [-0.2, 0) is 4.79 Å². The van der Waals surface area contributed by atoms with E-state index in [4.69, 9.17) is 0 Å². The summed E-state index contributed by atoms with van der Waals surface area (Å²) in [4.78, 5) is 10.9. The fraction of sp³-hybridized carbons (Fsp3) is 0.611. The van der Waals surface area contributed by atoms with Crippen LogP contribution in [0.5, 0.6) is 0 Å². The van der Waals surface area contributed by atoms with Crippen LogP contribution in [0.3, 0.4) is 0 Å². The van der Waals surface area contributed by atoms with Crippen molar-refractivity contribution in [2.75, 3.05) is 0 Å². The quantitative estimate of drug-likeness (QED) is 0.397. The summed E-state index contributed by atoms with van der Waals surface area (Å²) >= 11 is 0. The molecule has 0 radical (unpaired) electrons. The molecule has 0 aromatic rings. The topological polar surface area (TPSA) is 17.1 Å². The number of Topliss-reactive ketones (excluding diaryl/α,β-unsaturated/α-hetero) is 1. The molecule has 1 unspecified atom stereocenters. The average molecular weight is 262 g/mol. The number of hydrogen-bond donors (Lipinski definition) is 0. The van der Waals surface area contributed by atoms with E-state index in [2.05, 4.69) is 45.6 Å². The van der Waals surface area contributed by atoms with Gasteiger partial charge in [0.2, 0.25) is 0 Å². The summed E-state index contributed by atoms with van der Waals surface area (Å²) in [7, 11) is 0. The van der Waals surface area contributed by atoms with E-state index in [1.54, 1.807) is 6.92 Å². The first-order valence-corrected chi connectivity index (χ1v) is 7.31. The SMILES string of the molecule is C=C(C)C=CC(CCC(C)=CCCC(C)=O)C(C)C. The largest absolute Gasteiger partial charge is 0.300 e. The molecule has 1 heteroatoms. The van der Waals surface area contributed by atoms with Crippen LogP contribution in [0.2, 0.25) is 0 Å². The molecule has 0 saturated heterocycles. The lowest BCUT2D eigenvalue weighted by Gasteiger charge is -2.17. The van der Waals surface area contributed by atoms with Crippen LogP contribution in [0.1, 0.15) is 60.3 Å². The van der Waals surface area contributed by atoms with Crippen LogP contribution in [0.4, 0.5) is 0 Å². The van der Waals surface area contributed by atoms with Crippen molar-refractivity contribution in [3.05, 3.63) is 36.0 Å².